The summed E-state index contributed by atoms with van der Waals surface area (Å²) in [6, 6.07) is 4.57. The number of nitrogens with zero attached hydrogens (tertiary/aromatic N) is 1. The molecule has 1 saturated heterocycles. The minimum atomic E-state index is -5.08. The van der Waals surface area contributed by atoms with E-state index in [4.69, 9.17) is 14.6 Å². The van der Waals surface area contributed by atoms with E-state index in [1.807, 2.05) is 0 Å². The van der Waals surface area contributed by atoms with E-state index in [1.165, 1.54) is 33.3 Å². The molecule has 2 aromatic rings. The highest BCUT2D eigenvalue weighted by atomic mass is 19.4. The van der Waals surface area contributed by atoms with Crippen molar-refractivity contribution >= 4 is 16.9 Å². The Morgan fingerprint density at radius 2 is 1.81 bits per heavy atom. The maximum atomic E-state index is 10.6. The van der Waals surface area contributed by atoms with Crippen molar-refractivity contribution < 1.29 is 27.8 Å². The van der Waals surface area contributed by atoms with Crippen molar-refractivity contribution in [1.82, 2.24) is 9.88 Å². The molecule has 27 heavy (non-hydrogen) atoms. The van der Waals surface area contributed by atoms with E-state index in [9.17, 15) is 13.2 Å². The number of nitrogens with one attached hydrogen (secondary N) is 1. The number of fused-ring (bicyclic) bond motifs is 1. The molecule has 0 radical (unpaired) electrons. The third-order valence-corrected chi connectivity index (χ3v) is 4.59. The molecule has 8 heteroatoms. The minimum absolute atomic E-state index is 0.880. The standard InChI is InChI=1S/C17H24N2O.C2HF3O2/c1-12-10-13(2)17-16(11-12)15(14(3)18-17)4-5-19-6-8-20-9-7-19;3-2(4,5)1(6)7/h10-11,18H,4-9H2,1-3H3;(H,6,7). The summed E-state index contributed by atoms with van der Waals surface area (Å²) >= 11 is 0. The van der Waals surface area contributed by atoms with Crippen LogP contribution in [0.3, 0.4) is 0 Å². The van der Waals surface area contributed by atoms with E-state index in [-0.39, 0.29) is 0 Å². The number of alkyl halides is 3. The lowest BCUT2D eigenvalue weighted by molar-refractivity contribution is -0.192. The Bertz CT molecular complexity index is 794. The fourth-order valence-corrected chi connectivity index (χ4v) is 3.25. The molecule has 1 aliphatic heterocycles. The first kappa shape index (κ1) is 21.2. The predicted molar refractivity (Wildman–Crippen MR) is 97.2 cm³/mol. The summed E-state index contributed by atoms with van der Waals surface area (Å²) in [6.45, 7) is 11.6. The number of hydrogen-bond acceptors (Lipinski definition) is 3. The molecule has 0 aliphatic carbocycles. The van der Waals surface area contributed by atoms with Crippen molar-refractivity contribution in [3.05, 3.63) is 34.5 Å². The van der Waals surface area contributed by atoms with Crippen LogP contribution in [0.2, 0.25) is 0 Å². The van der Waals surface area contributed by atoms with Gasteiger partial charge in [0.15, 0.2) is 0 Å². The molecule has 0 atom stereocenters. The second kappa shape index (κ2) is 8.75. The van der Waals surface area contributed by atoms with Crippen molar-refractivity contribution in [3.63, 3.8) is 0 Å². The van der Waals surface area contributed by atoms with Crippen molar-refractivity contribution in [3.8, 4) is 0 Å². The zero-order valence-electron chi connectivity index (χ0n) is 15.7. The second-order valence-corrected chi connectivity index (χ2v) is 6.74. The summed E-state index contributed by atoms with van der Waals surface area (Å²) in [7, 11) is 0. The number of morpholine rings is 1. The number of H-pyrrole nitrogens is 1. The van der Waals surface area contributed by atoms with Gasteiger partial charge in [-0.1, -0.05) is 11.6 Å². The van der Waals surface area contributed by atoms with Crippen LogP contribution in [0.25, 0.3) is 10.9 Å². The highest BCUT2D eigenvalue weighted by Gasteiger charge is 2.38. The molecule has 5 nitrogen and oxygen atoms in total. The van der Waals surface area contributed by atoms with E-state index in [0.29, 0.717) is 0 Å². The molecule has 150 valence electrons. The van der Waals surface area contributed by atoms with Crippen LogP contribution in [0.1, 0.15) is 22.4 Å². The van der Waals surface area contributed by atoms with Gasteiger partial charge in [-0.3, -0.25) is 4.90 Å². The van der Waals surface area contributed by atoms with Crippen LogP contribution in [0, 0.1) is 20.8 Å². The largest absolute Gasteiger partial charge is 0.490 e. The molecule has 0 unspecified atom stereocenters. The Morgan fingerprint density at radius 3 is 2.37 bits per heavy atom. The topological polar surface area (TPSA) is 65.6 Å². The summed E-state index contributed by atoms with van der Waals surface area (Å²) in [5.74, 6) is -2.76. The molecule has 2 heterocycles. The Balaban J connectivity index is 0.000000321. The monoisotopic (exact) mass is 386 g/mol. The predicted octanol–water partition coefficient (Wildman–Crippen LogP) is 3.60. The van der Waals surface area contributed by atoms with Crippen molar-refractivity contribution in [1.29, 1.82) is 0 Å². The van der Waals surface area contributed by atoms with Gasteiger partial charge in [0.2, 0.25) is 0 Å². The highest BCUT2D eigenvalue weighted by Crippen LogP contribution is 2.27. The Labute approximate surface area is 156 Å². The summed E-state index contributed by atoms with van der Waals surface area (Å²) in [5, 5.41) is 8.54. The minimum Gasteiger partial charge on any atom is -0.475 e. The Hall–Kier alpha value is -2.06. The average Bonchev–Trinajstić information content (AvgIpc) is 2.89. The maximum Gasteiger partial charge on any atom is 0.490 e. The third-order valence-electron chi connectivity index (χ3n) is 4.59. The van der Waals surface area contributed by atoms with Crippen LogP contribution < -0.4 is 0 Å². The molecule has 1 aliphatic rings. The highest BCUT2D eigenvalue weighted by molar-refractivity contribution is 5.88. The first-order valence-corrected chi connectivity index (χ1v) is 8.78. The summed E-state index contributed by atoms with van der Waals surface area (Å²) in [4.78, 5) is 15.0. The van der Waals surface area contributed by atoms with Gasteiger partial charge in [-0.2, -0.15) is 13.2 Å². The fraction of sp³-hybridized carbons (Fsp3) is 0.526. The molecule has 1 aromatic carbocycles. The molecular weight excluding hydrogens is 361 g/mol. The van der Waals surface area contributed by atoms with E-state index in [2.05, 4.69) is 42.8 Å². The van der Waals surface area contributed by atoms with Crippen LogP contribution in [-0.4, -0.2) is 60.0 Å². The van der Waals surface area contributed by atoms with Crippen LogP contribution in [0.5, 0.6) is 0 Å². The lowest BCUT2D eigenvalue weighted by Gasteiger charge is -2.26. The maximum absolute atomic E-state index is 10.6. The van der Waals surface area contributed by atoms with Gasteiger partial charge in [-0.05, 0) is 44.4 Å². The number of aromatic amines is 1. The van der Waals surface area contributed by atoms with Gasteiger partial charge in [0.05, 0.1) is 13.2 Å². The molecule has 2 N–H and O–H groups in total. The van der Waals surface area contributed by atoms with Gasteiger partial charge >= 0.3 is 12.1 Å². The van der Waals surface area contributed by atoms with Gasteiger partial charge in [0.25, 0.3) is 0 Å². The lowest BCUT2D eigenvalue weighted by Crippen LogP contribution is -2.37. The second-order valence-electron chi connectivity index (χ2n) is 6.74. The Morgan fingerprint density at radius 1 is 1.22 bits per heavy atom. The molecular formula is C19H25F3N2O3. The Kier molecular flexibility index (Phi) is 6.89. The van der Waals surface area contributed by atoms with E-state index in [1.54, 1.807) is 0 Å². The smallest absolute Gasteiger partial charge is 0.475 e. The number of halogens is 3. The number of aromatic nitrogens is 1. The number of aryl methyl sites for hydroxylation is 3. The van der Waals surface area contributed by atoms with E-state index >= 15 is 0 Å². The summed E-state index contributed by atoms with van der Waals surface area (Å²) in [5.41, 5.74) is 6.81. The van der Waals surface area contributed by atoms with Gasteiger partial charge < -0.3 is 14.8 Å². The number of carboxylic acids is 1. The molecule has 0 amide bonds. The number of carboxylic acid groups (broad SMARTS) is 1. The zero-order chi connectivity index (χ0) is 20.2. The van der Waals surface area contributed by atoms with E-state index < -0.39 is 12.1 Å². The number of hydrogen-bond donors (Lipinski definition) is 2. The zero-order valence-corrected chi connectivity index (χ0v) is 15.7. The van der Waals surface area contributed by atoms with Gasteiger partial charge in [0.1, 0.15) is 0 Å². The molecule has 0 saturated carbocycles. The summed E-state index contributed by atoms with van der Waals surface area (Å²) in [6.07, 6.45) is -3.96. The normalized spacial score (nSPS) is 15.5. The SMILES string of the molecule is Cc1cc(C)c2[nH]c(C)c(CCN3CCOCC3)c2c1.O=C(O)C(F)(F)F. The van der Waals surface area contributed by atoms with Crippen LogP contribution in [0.15, 0.2) is 12.1 Å². The van der Waals surface area contributed by atoms with Crippen LogP contribution in [0.4, 0.5) is 13.2 Å². The summed E-state index contributed by atoms with van der Waals surface area (Å²) < 4.78 is 37.2. The first-order valence-electron chi connectivity index (χ1n) is 8.78. The van der Waals surface area contributed by atoms with Crippen LogP contribution >= 0.6 is 0 Å². The quantitative estimate of drug-likeness (QED) is 0.846. The van der Waals surface area contributed by atoms with Gasteiger partial charge in [0, 0.05) is 36.2 Å². The third kappa shape index (κ3) is 5.71. The van der Waals surface area contributed by atoms with Crippen molar-refractivity contribution in [2.75, 3.05) is 32.8 Å². The number of rotatable bonds is 3. The van der Waals surface area contributed by atoms with Gasteiger partial charge in [-0.25, -0.2) is 4.79 Å². The number of carbonyl (C=O) groups is 1. The average molecular weight is 386 g/mol. The van der Waals surface area contributed by atoms with Gasteiger partial charge in [-0.15, -0.1) is 0 Å². The fourth-order valence-electron chi connectivity index (χ4n) is 3.25. The molecule has 1 aromatic heterocycles. The lowest BCUT2D eigenvalue weighted by atomic mass is 10.0. The molecule has 0 spiro atoms. The first-order chi connectivity index (χ1) is 12.6. The molecule has 3 rings (SSSR count). The molecule has 0 bridgehead atoms. The number of benzene rings is 1. The van der Waals surface area contributed by atoms with Crippen molar-refractivity contribution in [2.45, 2.75) is 33.4 Å². The van der Waals surface area contributed by atoms with Crippen LogP contribution in [-0.2, 0) is 16.0 Å². The van der Waals surface area contributed by atoms with E-state index in [0.717, 1.165) is 39.3 Å². The van der Waals surface area contributed by atoms with Crippen molar-refractivity contribution in [2.24, 2.45) is 0 Å². The molecule has 1 fully saturated rings. The number of ether oxygens (including phenoxy) is 1. The number of aliphatic carboxylic acids is 1.